The maximum atomic E-state index is 11.9. The van der Waals surface area contributed by atoms with E-state index in [4.69, 9.17) is 0 Å². The highest BCUT2D eigenvalue weighted by Crippen LogP contribution is 2.13. The monoisotopic (exact) mass is 292 g/mol. The largest absolute Gasteiger partial charge is 0.356 e. The lowest BCUT2D eigenvalue weighted by molar-refractivity contribution is -0.384. The molecule has 1 amide bonds. The second-order valence-electron chi connectivity index (χ2n) is 5.32. The third-order valence-electron chi connectivity index (χ3n) is 3.64. The van der Waals surface area contributed by atoms with Gasteiger partial charge in [0.1, 0.15) is 0 Å². The SMILES string of the molecule is CCCCC(CC)CNC(=O)Cc1ccc([N+](=O)[O-])cc1. The van der Waals surface area contributed by atoms with Crippen LogP contribution in [0.25, 0.3) is 0 Å². The smallest absolute Gasteiger partial charge is 0.269 e. The molecule has 1 unspecified atom stereocenters. The molecule has 0 aliphatic carbocycles. The Labute approximate surface area is 125 Å². The number of nitro benzene ring substituents is 1. The van der Waals surface area contributed by atoms with Gasteiger partial charge >= 0.3 is 0 Å². The number of benzene rings is 1. The van der Waals surface area contributed by atoms with Gasteiger partial charge in [-0.25, -0.2) is 0 Å². The van der Waals surface area contributed by atoms with Crippen LogP contribution in [0, 0.1) is 16.0 Å². The van der Waals surface area contributed by atoms with Crippen LogP contribution in [0.3, 0.4) is 0 Å². The first-order valence-electron chi connectivity index (χ1n) is 7.56. The van der Waals surface area contributed by atoms with Crippen molar-refractivity contribution in [3.8, 4) is 0 Å². The second kappa shape index (κ2) is 9.10. The molecule has 1 N–H and O–H groups in total. The first-order valence-corrected chi connectivity index (χ1v) is 7.56. The normalized spacial score (nSPS) is 11.9. The zero-order valence-electron chi connectivity index (χ0n) is 12.8. The molecule has 0 aliphatic heterocycles. The van der Waals surface area contributed by atoms with Crippen LogP contribution in [-0.4, -0.2) is 17.4 Å². The van der Waals surface area contributed by atoms with Gasteiger partial charge in [-0.05, 0) is 17.9 Å². The minimum absolute atomic E-state index is 0.0289. The van der Waals surface area contributed by atoms with E-state index in [1.54, 1.807) is 12.1 Å². The van der Waals surface area contributed by atoms with Crippen molar-refractivity contribution in [1.29, 1.82) is 0 Å². The van der Waals surface area contributed by atoms with Crippen LogP contribution in [0.2, 0.25) is 0 Å². The fourth-order valence-corrected chi connectivity index (χ4v) is 2.18. The van der Waals surface area contributed by atoms with E-state index in [2.05, 4.69) is 19.2 Å². The van der Waals surface area contributed by atoms with Gasteiger partial charge in [0.2, 0.25) is 5.91 Å². The van der Waals surface area contributed by atoms with Gasteiger partial charge in [-0.3, -0.25) is 14.9 Å². The number of carbonyl (C=O) groups is 1. The quantitative estimate of drug-likeness (QED) is 0.559. The standard InChI is InChI=1S/C16H24N2O3/c1-3-5-6-13(4-2)12-17-16(19)11-14-7-9-15(10-8-14)18(20)21/h7-10,13H,3-6,11-12H2,1-2H3,(H,17,19). The van der Waals surface area contributed by atoms with Gasteiger partial charge in [0.15, 0.2) is 0 Å². The highest BCUT2D eigenvalue weighted by atomic mass is 16.6. The van der Waals surface area contributed by atoms with Gasteiger partial charge in [-0.1, -0.05) is 45.2 Å². The van der Waals surface area contributed by atoms with Crippen LogP contribution in [-0.2, 0) is 11.2 Å². The van der Waals surface area contributed by atoms with Crippen molar-refractivity contribution >= 4 is 11.6 Å². The Kier molecular flexibility index (Phi) is 7.43. The van der Waals surface area contributed by atoms with Crippen molar-refractivity contribution in [2.75, 3.05) is 6.54 Å². The van der Waals surface area contributed by atoms with Crippen molar-refractivity contribution in [2.45, 2.75) is 46.0 Å². The summed E-state index contributed by atoms with van der Waals surface area (Å²) in [5.41, 5.74) is 0.837. The van der Waals surface area contributed by atoms with Crippen molar-refractivity contribution in [3.63, 3.8) is 0 Å². The number of rotatable bonds is 9. The lowest BCUT2D eigenvalue weighted by Gasteiger charge is -2.15. The Hall–Kier alpha value is -1.91. The van der Waals surface area contributed by atoms with E-state index in [1.807, 2.05) is 0 Å². The van der Waals surface area contributed by atoms with Crippen LogP contribution < -0.4 is 5.32 Å². The van der Waals surface area contributed by atoms with Gasteiger partial charge in [-0.2, -0.15) is 0 Å². The van der Waals surface area contributed by atoms with E-state index >= 15 is 0 Å². The molecule has 0 radical (unpaired) electrons. The van der Waals surface area contributed by atoms with Crippen molar-refractivity contribution < 1.29 is 9.72 Å². The molecule has 0 saturated carbocycles. The average molecular weight is 292 g/mol. The van der Waals surface area contributed by atoms with Gasteiger partial charge in [0.25, 0.3) is 5.69 Å². The molecule has 0 aromatic heterocycles. The molecule has 1 rings (SSSR count). The number of unbranched alkanes of at least 4 members (excludes halogenated alkanes) is 1. The number of non-ortho nitro benzene ring substituents is 1. The summed E-state index contributed by atoms with van der Waals surface area (Å²) in [4.78, 5) is 22.0. The Morgan fingerprint density at radius 2 is 1.95 bits per heavy atom. The maximum Gasteiger partial charge on any atom is 0.269 e. The molecule has 116 valence electrons. The van der Waals surface area contributed by atoms with Gasteiger partial charge in [-0.15, -0.1) is 0 Å². The Balaban J connectivity index is 2.40. The molecule has 0 heterocycles. The lowest BCUT2D eigenvalue weighted by Crippen LogP contribution is -2.30. The summed E-state index contributed by atoms with van der Waals surface area (Å²) in [6, 6.07) is 6.12. The minimum Gasteiger partial charge on any atom is -0.356 e. The summed E-state index contributed by atoms with van der Waals surface area (Å²) in [6.45, 7) is 5.02. The number of carbonyl (C=O) groups excluding carboxylic acids is 1. The van der Waals surface area contributed by atoms with E-state index in [-0.39, 0.29) is 18.0 Å². The summed E-state index contributed by atoms with van der Waals surface area (Å²) in [7, 11) is 0. The van der Waals surface area contributed by atoms with E-state index in [0.717, 1.165) is 18.4 Å². The van der Waals surface area contributed by atoms with Crippen molar-refractivity contribution in [2.24, 2.45) is 5.92 Å². The zero-order valence-corrected chi connectivity index (χ0v) is 12.8. The van der Waals surface area contributed by atoms with Crippen LogP contribution in [0.4, 0.5) is 5.69 Å². The van der Waals surface area contributed by atoms with E-state index < -0.39 is 4.92 Å². The number of hydrogen-bond acceptors (Lipinski definition) is 3. The Bertz CT molecular complexity index is 457. The molecule has 0 saturated heterocycles. The van der Waals surface area contributed by atoms with Crippen molar-refractivity contribution in [3.05, 3.63) is 39.9 Å². The van der Waals surface area contributed by atoms with Crippen LogP contribution in [0.1, 0.15) is 45.1 Å². The number of nitrogens with one attached hydrogen (secondary N) is 1. The molecule has 21 heavy (non-hydrogen) atoms. The summed E-state index contributed by atoms with van der Waals surface area (Å²) >= 11 is 0. The molecule has 1 aromatic carbocycles. The van der Waals surface area contributed by atoms with Crippen LogP contribution in [0.15, 0.2) is 24.3 Å². The zero-order chi connectivity index (χ0) is 15.7. The second-order valence-corrected chi connectivity index (χ2v) is 5.32. The third-order valence-corrected chi connectivity index (χ3v) is 3.64. The molecule has 1 atom stereocenters. The Morgan fingerprint density at radius 3 is 2.48 bits per heavy atom. The fourth-order valence-electron chi connectivity index (χ4n) is 2.18. The first kappa shape index (κ1) is 17.1. The van der Waals surface area contributed by atoms with E-state index in [1.165, 1.54) is 25.0 Å². The van der Waals surface area contributed by atoms with Crippen LogP contribution >= 0.6 is 0 Å². The highest BCUT2D eigenvalue weighted by molar-refractivity contribution is 5.78. The minimum atomic E-state index is -0.441. The molecule has 0 aliphatic rings. The molecule has 1 aromatic rings. The number of amides is 1. The van der Waals surface area contributed by atoms with E-state index in [9.17, 15) is 14.9 Å². The molecule has 0 bridgehead atoms. The highest BCUT2D eigenvalue weighted by Gasteiger charge is 2.10. The molecule has 5 heteroatoms. The van der Waals surface area contributed by atoms with Crippen molar-refractivity contribution in [1.82, 2.24) is 5.32 Å². The predicted octanol–water partition coefficient (Wildman–Crippen LogP) is 3.47. The van der Waals surface area contributed by atoms with Crippen LogP contribution in [0.5, 0.6) is 0 Å². The predicted molar refractivity (Wildman–Crippen MR) is 83.1 cm³/mol. The summed E-state index contributed by atoms with van der Waals surface area (Å²) in [5.74, 6) is 0.504. The molecular formula is C16H24N2O3. The number of nitrogens with zero attached hydrogens (tertiary/aromatic N) is 1. The van der Waals surface area contributed by atoms with Gasteiger partial charge in [0, 0.05) is 18.7 Å². The average Bonchev–Trinajstić information content (AvgIpc) is 2.48. The third kappa shape index (κ3) is 6.38. The summed E-state index contributed by atoms with van der Waals surface area (Å²) in [6.07, 6.45) is 4.84. The fraction of sp³-hybridized carbons (Fsp3) is 0.562. The van der Waals surface area contributed by atoms with E-state index in [0.29, 0.717) is 12.5 Å². The van der Waals surface area contributed by atoms with Gasteiger partial charge in [0.05, 0.1) is 11.3 Å². The summed E-state index contributed by atoms with van der Waals surface area (Å²) < 4.78 is 0. The Morgan fingerprint density at radius 1 is 1.29 bits per heavy atom. The maximum absolute atomic E-state index is 11.9. The number of hydrogen-bond donors (Lipinski definition) is 1. The topological polar surface area (TPSA) is 72.2 Å². The molecule has 0 spiro atoms. The first-order chi connectivity index (χ1) is 10.1. The molecule has 5 nitrogen and oxygen atoms in total. The van der Waals surface area contributed by atoms with Gasteiger partial charge < -0.3 is 5.32 Å². The lowest BCUT2D eigenvalue weighted by atomic mass is 9.99. The molecular weight excluding hydrogens is 268 g/mol. The molecule has 0 fully saturated rings. The summed E-state index contributed by atoms with van der Waals surface area (Å²) in [5, 5.41) is 13.5. The number of nitro groups is 1.